The van der Waals surface area contributed by atoms with Crippen molar-refractivity contribution in [2.24, 2.45) is 0 Å². The monoisotopic (exact) mass is 394 g/mol. The summed E-state index contributed by atoms with van der Waals surface area (Å²) in [6, 6.07) is 14.2. The van der Waals surface area contributed by atoms with Crippen molar-refractivity contribution in [2.75, 3.05) is 10.6 Å². The lowest BCUT2D eigenvalue weighted by molar-refractivity contribution is -0.123. The van der Waals surface area contributed by atoms with Gasteiger partial charge in [-0.2, -0.15) is 5.10 Å². The molecule has 0 bridgehead atoms. The van der Waals surface area contributed by atoms with Gasteiger partial charge in [0.05, 0.1) is 12.1 Å². The van der Waals surface area contributed by atoms with E-state index in [0.717, 1.165) is 22.4 Å². The molecule has 1 unspecified atom stereocenters. The number of fused-ring (bicyclic) bond motifs is 1. The number of halogens is 1. The fraction of sp³-hybridized carbons (Fsp3) is 0.190. The van der Waals surface area contributed by atoms with Crippen LogP contribution < -0.4 is 10.6 Å². The van der Waals surface area contributed by atoms with E-state index in [2.05, 4.69) is 15.7 Å². The number of amides is 2. The maximum Gasteiger partial charge on any atom is 0.251 e. The molecule has 0 saturated carbocycles. The van der Waals surface area contributed by atoms with E-state index in [1.807, 2.05) is 50.2 Å². The standard InChI is InChI=1S/C21H19ClN4O2/c1-12-3-9-16(10-4-12)23-18(27)11-17-21(28)24-20-19(13(2)25-26(17)20)14-5-7-15(22)8-6-14/h3-10,17H,11H2,1-2H3,(H,23,27)(H,24,28). The lowest BCUT2D eigenvalue weighted by Gasteiger charge is -2.10. The van der Waals surface area contributed by atoms with Crippen molar-refractivity contribution in [3.8, 4) is 11.1 Å². The minimum Gasteiger partial charge on any atom is -0.326 e. The summed E-state index contributed by atoms with van der Waals surface area (Å²) in [5.74, 6) is 0.132. The first-order chi connectivity index (χ1) is 13.4. The average molecular weight is 395 g/mol. The Kier molecular flexibility index (Phi) is 4.65. The molecule has 3 aromatic rings. The molecule has 7 heteroatoms. The minimum absolute atomic E-state index is 0.00782. The average Bonchev–Trinajstić information content (AvgIpc) is 3.12. The second-order valence-corrected chi connectivity index (χ2v) is 7.32. The molecule has 2 N–H and O–H groups in total. The molecule has 4 rings (SSSR count). The normalized spacial score (nSPS) is 15.2. The van der Waals surface area contributed by atoms with Gasteiger partial charge in [-0.25, -0.2) is 4.68 Å². The van der Waals surface area contributed by atoms with Crippen molar-refractivity contribution in [2.45, 2.75) is 26.3 Å². The largest absolute Gasteiger partial charge is 0.326 e. The third kappa shape index (κ3) is 3.39. The molecule has 0 aliphatic carbocycles. The van der Waals surface area contributed by atoms with E-state index >= 15 is 0 Å². The lowest BCUT2D eigenvalue weighted by Crippen LogP contribution is -2.23. The number of benzene rings is 2. The van der Waals surface area contributed by atoms with E-state index in [4.69, 9.17) is 11.6 Å². The number of nitrogens with zero attached hydrogens (tertiary/aromatic N) is 2. The summed E-state index contributed by atoms with van der Waals surface area (Å²) in [6.45, 7) is 3.86. The van der Waals surface area contributed by atoms with Gasteiger partial charge in [-0.1, -0.05) is 41.4 Å². The summed E-state index contributed by atoms with van der Waals surface area (Å²) in [5, 5.41) is 10.9. The summed E-state index contributed by atoms with van der Waals surface area (Å²) in [7, 11) is 0. The van der Waals surface area contributed by atoms with Crippen LogP contribution in [-0.4, -0.2) is 21.6 Å². The van der Waals surface area contributed by atoms with E-state index in [9.17, 15) is 9.59 Å². The van der Waals surface area contributed by atoms with Crippen LogP contribution in [-0.2, 0) is 9.59 Å². The molecular formula is C21H19ClN4O2. The number of nitrogens with one attached hydrogen (secondary N) is 2. The van der Waals surface area contributed by atoms with Crippen molar-refractivity contribution in [3.05, 3.63) is 64.8 Å². The number of aryl methyl sites for hydroxylation is 2. The first-order valence-electron chi connectivity index (χ1n) is 8.95. The maximum absolute atomic E-state index is 12.5. The van der Waals surface area contributed by atoms with E-state index in [1.165, 1.54) is 0 Å². The summed E-state index contributed by atoms with van der Waals surface area (Å²) in [5.41, 5.74) is 4.34. The molecule has 2 heterocycles. The third-order valence-electron chi connectivity index (χ3n) is 4.77. The Morgan fingerprint density at radius 1 is 1.14 bits per heavy atom. The van der Waals surface area contributed by atoms with Crippen molar-refractivity contribution in [3.63, 3.8) is 0 Å². The van der Waals surface area contributed by atoms with E-state index in [1.54, 1.807) is 16.8 Å². The molecular weight excluding hydrogens is 376 g/mol. The van der Waals surface area contributed by atoms with Crippen LogP contribution in [0.15, 0.2) is 48.5 Å². The zero-order valence-corrected chi connectivity index (χ0v) is 16.2. The van der Waals surface area contributed by atoms with Crippen molar-refractivity contribution < 1.29 is 9.59 Å². The van der Waals surface area contributed by atoms with E-state index in [-0.39, 0.29) is 18.2 Å². The van der Waals surface area contributed by atoms with Gasteiger partial charge in [-0.15, -0.1) is 0 Å². The molecule has 2 aromatic carbocycles. The van der Waals surface area contributed by atoms with Gasteiger partial charge in [0.1, 0.15) is 11.9 Å². The molecule has 0 spiro atoms. The van der Waals surface area contributed by atoms with Crippen LogP contribution in [0.5, 0.6) is 0 Å². The molecule has 0 radical (unpaired) electrons. The number of carbonyl (C=O) groups excluding carboxylic acids is 2. The Morgan fingerprint density at radius 3 is 2.50 bits per heavy atom. The van der Waals surface area contributed by atoms with Gasteiger partial charge in [0, 0.05) is 16.3 Å². The van der Waals surface area contributed by atoms with Crippen LogP contribution in [0.25, 0.3) is 11.1 Å². The second kappa shape index (κ2) is 7.13. The predicted molar refractivity (Wildman–Crippen MR) is 110 cm³/mol. The number of carbonyl (C=O) groups is 2. The molecule has 1 aliphatic rings. The first-order valence-corrected chi connectivity index (χ1v) is 9.32. The summed E-state index contributed by atoms with van der Waals surface area (Å²) in [4.78, 5) is 25.0. The van der Waals surface area contributed by atoms with E-state index in [0.29, 0.717) is 16.5 Å². The predicted octanol–water partition coefficient (Wildman–Crippen LogP) is 4.34. The molecule has 6 nitrogen and oxygen atoms in total. The summed E-state index contributed by atoms with van der Waals surface area (Å²) < 4.78 is 1.61. The molecule has 28 heavy (non-hydrogen) atoms. The highest BCUT2D eigenvalue weighted by Gasteiger charge is 2.36. The second-order valence-electron chi connectivity index (χ2n) is 6.88. The Morgan fingerprint density at radius 2 is 1.82 bits per heavy atom. The molecule has 142 valence electrons. The Hall–Kier alpha value is -3.12. The van der Waals surface area contributed by atoms with Crippen molar-refractivity contribution in [1.29, 1.82) is 0 Å². The zero-order chi connectivity index (χ0) is 19.8. The van der Waals surface area contributed by atoms with Crippen LogP contribution >= 0.6 is 11.6 Å². The number of hydrogen-bond acceptors (Lipinski definition) is 3. The summed E-state index contributed by atoms with van der Waals surface area (Å²) >= 11 is 5.97. The number of rotatable bonds is 4. The first kappa shape index (κ1) is 18.3. The lowest BCUT2D eigenvalue weighted by atomic mass is 10.1. The highest BCUT2D eigenvalue weighted by Crippen LogP contribution is 2.38. The molecule has 0 fully saturated rings. The molecule has 1 atom stereocenters. The van der Waals surface area contributed by atoms with Gasteiger partial charge in [-0.05, 0) is 43.7 Å². The molecule has 1 aromatic heterocycles. The Bertz CT molecular complexity index is 1060. The number of hydrogen-bond donors (Lipinski definition) is 2. The van der Waals surface area contributed by atoms with Crippen LogP contribution in [0, 0.1) is 13.8 Å². The molecule has 1 aliphatic heterocycles. The van der Waals surface area contributed by atoms with Crippen molar-refractivity contribution >= 4 is 34.9 Å². The highest BCUT2D eigenvalue weighted by atomic mass is 35.5. The fourth-order valence-electron chi connectivity index (χ4n) is 3.37. The van der Waals surface area contributed by atoms with Gasteiger partial charge in [0.25, 0.3) is 5.91 Å². The van der Waals surface area contributed by atoms with Gasteiger partial charge in [0.15, 0.2) is 0 Å². The van der Waals surface area contributed by atoms with Gasteiger partial charge in [0.2, 0.25) is 5.91 Å². The number of aromatic nitrogens is 2. The minimum atomic E-state index is -0.680. The maximum atomic E-state index is 12.5. The van der Waals surface area contributed by atoms with Gasteiger partial charge < -0.3 is 10.6 Å². The SMILES string of the molecule is Cc1ccc(NC(=O)CC2C(=O)Nc3c(-c4ccc(Cl)cc4)c(C)nn32)cc1. The number of anilines is 2. The van der Waals surface area contributed by atoms with Crippen LogP contribution in [0.4, 0.5) is 11.5 Å². The molecule has 2 amide bonds. The van der Waals surface area contributed by atoms with Crippen molar-refractivity contribution in [1.82, 2.24) is 9.78 Å². The Labute approximate surface area is 167 Å². The molecule has 0 saturated heterocycles. The van der Waals surface area contributed by atoms with Gasteiger partial charge >= 0.3 is 0 Å². The van der Waals surface area contributed by atoms with Gasteiger partial charge in [-0.3, -0.25) is 9.59 Å². The quantitative estimate of drug-likeness (QED) is 0.691. The summed E-state index contributed by atoms with van der Waals surface area (Å²) in [6.07, 6.45) is 0.00782. The van der Waals surface area contributed by atoms with Crippen LogP contribution in [0.1, 0.15) is 23.7 Å². The van der Waals surface area contributed by atoms with Crippen LogP contribution in [0.3, 0.4) is 0 Å². The highest BCUT2D eigenvalue weighted by molar-refractivity contribution is 6.30. The topological polar surface area (TPSA) is 76.0 Å². The zero-order valence-electron chi connectivity index (χ0n) is 15.5. The van der Waals surface area contributed by atoms with E-state index < -0.39 is 6.04 Å². The third-order valence-corrected chi connectivity index (χ3v) is 5.02. The van der Waals surface area contributed by atoms with Crippen LogP contribution in [0.2, 0.25) is 5.02 Å². The Balaban J connectivity index is 1.57. The smallest absolute Gasteiger partial charge is 0.251 e. The fourth-order valence-corrected chi connectivity index (χ4v) is 3.50.